The van der Waals surface area contributed by atoms with Crippen molar-refractivity contribution in [2.75, 3.05) is 20.2 Å². The minimum atomic E-state index is -3.37. The first-order valence-electron chi connectivity index (χ1n) is 5.69. The molecule has 0 aromatic carbocycles. The number of aliphatic hydroxyl groups excluding tert-OH is 1. The second-order valence-electron chi connectivity index (χ2n) is 4.63. The minimum absolute atomic E-state index is 0.188. The van der Waals surface area contributed by atoms with Gasteiger partial charge in [-0.3, -0.25) is 4.90 Å². The third-order valence-corrected chi connectivity index (χ3v) is 4.96. The van der Waals surface area contributed by atoms with Crippen LogP contribution in [0.3, 0.4) is 0 Å². The Kier molecular flexibility index (Phi) is 4.73. The average Bonchev–Trinajstić information content (AvgIpc) is 3.07. The predicted molar refractivity (Wildman–Crippen MR) is 63.7 cm³/mol. The van der Waals surface area contributed by atoms with E-state index in [0.717, 1.165) is 0 Å². The molecule has 96 valence electrons. The van der Waals surface area contributed by atoms with Crippen LogP contribution in [0.2, 0.25) is 0 Å². The molecule has 0 radical (unpaired) electrons. The Balaban J connectivity index is 2.38. The van der Waals surface area contributed by atoms with Gasteiger partial charge in [0.05, 0.1) is 11.9 Å². The van der Waals surface area contributed by atoms with Gasteiger partial charge in [-0.25, -0.2) is 13.1 Å². The summed E-state index contributed by atoms with van der Waals surface area (Å²) in [5.74, 6) is 0. The Bertz CT molecular complexity index is 314. The zero-order valence-electron chi connectivity index (χ0n) is 10.2. The highest BCUT2D eigenvalue weighted by atomic mass is 32.2. The molecule has 2 atom stereocenters. The molecule has 2 N–H and O–H groups in total. The molecule has 6 heteroatoms. The lowest BCUT2D eigenvalue weighted by atomic mass is 10.3. The van der Waals surface area contributed by atoms with Crippen molar-refractivity contribution in [1.82, 2.24) is 9.62 Å². The summed E-state index contributed by atoms with van der Waals surface area (Å²) in [5, 5.41) is 8.07. The zero-order valence-corrected chi connectivity index (χ0v) is 11.0. The Morgan fingerprint density at radius 1 is 1.44 bits per heavy atom. The highest BCUT2D eigenvalue weighted by Gasteiger charge is 2.30. The van der Waals surface area contributed by atoms with Gasteiger partial charge in [0.1, 0.15) is 0 Å². The van der Waals surface area contributed by atoms with Crippen molar-refractivity contribution in [3.05, 3.63) is 0 Å². The molecule has 2 unspecified atom stereocenters. The van der Waals surface area contributed by atoms with Gasteiger partial charge in [0.2, 0.25) is 10.0 Å². The molecule has 0 bridgehead atoms. The van der Waals surface area contributed by atoms with Gasteiger partial charge in [0.25, 0.3) is 0 Å². The first-order chi connectivity index (χ1) is 7.38. The van der Waals surface area contributed by atoms with Crippen molar-refractivity contribution in [1.29, 1.82) is 0 Å². The van der Waals surface area contributed by atoms with E-state index in [2.05, 4.69) is 9.62 Å². The predicted octanol–water partition coefficient (Wildman–Crippen LogP) is -0.231. The molecule has 0 saturated heterocycles. The fraction of sp³-hybridized carbons (Fsp3) is 1.00. The molecule has 0 aromatic rings. The van der Waals surface area contributed by atoms with E-state index in [0.29, 0.717) is 12.6 Å². The number of nitrogens with zero attached hydrogens (tertiary/aromatic N) is 1. The molecule has 0 aromatic heterocycles. The van der Waals surface area contributed by atoms with Crippen LogP contribution in [-0.2, 0) is 10.0 Å². The Morgan fingerprint density at radius 3 is 2.44 bits per heavy atom. The number of aliphatic hydroxyl groups is 1. The van der Waals surface area contributed by atoms with Crippen molar-refractivity contribution in [2.24, 2.45) is 0 Å². The maximum Gasteiger partial charge on any atom is 0.216 e. The molecule has 1 aliphatic carbocycles. The van der Waals surface area contributed by atoms with Crippen LogP contribution in [-0.4, -0.2) is 56.0 Å². The summed E-state index contributed by atoms with van der Waals surface area (Å²) in [6.45, 7) is 3.56. The van der Waals surface area contributed by atoms with Crippen LogP contribution in [0.25, 0.3) is 0 Å². The molecular formula is C10H22N2O3S. The van der Waals surface area contributed by atoms with E-state index in [1.54, 1.807) is 0 Å². The lowest BCUT2D eigenvalue weighted by Gasteiger charge is -2.25. The maximum atomic E-state index is 11.6. The quantitative estimate of drug-likeness (QED) is 0.655. The van der Waals surface area contributed by atoms with E-state index in [1.807, 2.05) is 14.0 Å². The topological polar surface area (TPSA) is 69.6 Å². The summed E-state index contributed by atoms with van der Waals surface area (Å²) in [4.78, 5) is 2.20. The summed E-state index contributed by atoms with van der Waals surface area (Å²) >= 11 is 0. The van der Waals surface area contributed by atoms with Crippen molar-refractivity contribution >= 4 is 10.0 Å². The molecule has 16 heavy (non-hydrogen) atoms. The molecule has 0 heterocycles. The van der Waals surface area contributed by atoms with Gasteiger partial charge < -0.3 is 5.11 Å². The van der Waals surface area contributed by atoms with Gasteiger partial charge in [0.15, 0.2) is 0 Å². The SMILES string of the molecule is CC(CNS(=O)(=O)C(C)CO)N(C)C1CC1. The zero-order chi connectivity index (χ0) is 12.3. The second-order valence-corrected chi connectivity index (χ2v) is 6.82. The first kappa shape index (κ1) is 13.9. The lowest BCUT2D eigenvalue weighted by molar-refractivity contribution is 0.247. The minimum Gasteiger partial charge on any atom is -0.395 e. The van der Waals surface area contributed by atoms with Gasteiger partial charge in [-0.1, -0.05) is 0 Å². The highest BCUT2D eigenvalue weighted by molar-refractivity contribution is 7.90. The highest BCUT2D eigenvalue weighted by Crippen LogP contribution is 2.26. The van der Waals surface area contributed by atoms with Gasteiger partial charge in [-0.05, 0) is 33.7 Å². The van der Waals surface area contributed by atoms with E-state index >= 15 is 0 Å². The molecule has 1 saturated carbocycles. The Labute approximate surface area is 97.9 Å². The van der Waals surface area contributed by atoms with Crippen LogP contribution in [0.1, 0.15) is 26.7 Å². The molecule has 0 amide bonds. The van der Waals surface area contributed by atoms with Crippen molar-refractivity contribution < 1.29 is 13.5 Å². The van der Waals surface area contributed by atoms with Crippen molar-refractivity contribution in [3.8, 4) is 0 Å². The smallest absolute Gasteiger partial charge is 0.216 e. The van der Waals surface area contributed by atoms with Crippen molar-refractivity contribution in [3.63, 3.8) is 0 Å². The van der Waals surface area contributed by atoms with Crippen LogP contribution < -0.4 is 4.72 Å². The number of likely N-dealkylation sites (N-methyl/N-ethyl adjacent to an activating group) is 1. The van der Waals surface area contributed by atoms with E-state index < -0.39 is 15.3 Å². The molecule has 1 fully saturated rings. The van der Waals surface area contributed by atoms with Gasteiger partial charge in [0, 0.05) is 18.6 Å². The standard InChI is InChI=1S/C10H22N2O3S/c1-8(12(3)10-4-5-10)6-11-16(14,15)9(2)7-13/h8-11,13H,4-7H2,1-3H3. The normalized spacial score (nSPS) is 21.1. The van der Waals surface area contributed by atoms with Gasteiger partial charge in [-0.2, -0.15) is 0 Å². The summed E-state index contributed by atoms with van der Waals surface area (Å²) in [5.41, 5.74) is 0. The van der Waals surface area contributed by atoms with E-state index in [1.165, 1.54) is 19.8 Å². The average molecular weight is 250 g/mol. The number of hydrogen-bond acceptors (Lipinski definition) is 4. The number of nitrogens with one attached hydrogen (secondary N) is 1. The number of hydrogen-bond donors (Lipinski definition) is 2. The largest absolute Gasteiger partial charge is 0.395 e. The third-order valence-electron chi connectivity index (χ3n) is 3.18. The Morgan fingerprint density at radius 2 is 2.00 bits per heavy atom. The van der Waals surface area contributed by atoms with Crippen LogP contribution in [0.5, 0.6) is 0 Å². The van der Waals surface area contributed by atoms with Crippen LogP contribution in [0.4, 0.5) is 0 Å². The molecule has 0 spiro atoms. The molecule has 1 aliphatic rings. The van der Waals surface area contributed by atoms with E-state index in [9.17, 15) is 8.42 Å². The third kappa shape index (κ3) is 3.69. The van der Waals surface area contributed by atoms with Crippen molar-refractivity contribution in [2.45, 2.75) is 44.0 Å². The van der Waals surface area contributed by atoms with E-state index in [-0.39, 0.29) is 12.6 Å². The molecule has 5 nitrogen and oxygen atoms in total. The van der Waals surface area contributed by atoms with Gasteiger partial charge >= 0.3 is 0 Å². The molecule has 0 aliphatic heterocycles. The monoisotopic (exact) mass is 250 g/mol. The summed E-state index contributed by atoms with van der Waals surface area (Å²) in [6, 6.07) is 0.808. The van der Waals surface area contributed by atoms with Crippen LogP contribution in [0.15, 0.2) is 0 Å². The first-order valence-corrected chi connectivity index (χ1v) is 7.24. The van der Waals surface area contributed by atoms with Crippen LogP contribution in [0, 0.1) is 0 Å². The summed E-state index contributed by atoms with van der Waals surface area (Å²) < 4.78 is 25.7. The summed E-state index contributed by atoms with van der Waals surface area (Å²) in [7, 11) is -1.35. The lowest BCUT2D eigenvalue weighted by Crippen LogP contribution is -2.44. The van der Waals surface area contributed by atoms with Gasteiger partial charge in [-0.15, -0.1) is 0 Å². The second kappa shape index (κ2) is 5.44. The number of rotatable bonds is 7. The van der Waals surface area contributed by atoms with E-state index in [4.69, 9.17) is 5.11 Å². The fourth-order valence-corrected chi connectivity index (χ4v) is 2.42. The summed E-state index contributed by atoms with van der Waals surface area (Å²) in [6.07, 6.45) is 2.42. The molecular weight excluding hydrogens is 228 g/mol. The molecule has 1 rings (SSSR count). The van der Waals surface area contributed by atoms with Crippen LogP contribution >= 0.6 is 0 Å². The maximum absolute atomic E-state index is 11.6. The number of sulfonamides is 1. The fourth-order valence-electron chi connectivity index (χ4n) is 1.46. The Hall–Kier alpha value is -0.170.